The fourth-order valence-electron chi connectivity index (χ4n) is 3.89. The number of aliphatic hydroxyl groups is 1. The normalized spacial score (nSPS) is 21.0. The molecule has 0 bridgehead atoms. The predicted octanol–water partition coefficient (Wildman–Crippen LogP) is 2.70. The van der Waals surface area contributed by atoms with Crippen LogP contribution in [0.1, 0.15) is 56.2 Å². The predicted molar refractivity (Wildman–Crippen MR) is 108 cm³/mol. The minimum absolute atomic E-state index is 0.0792. The molecule has 8 heteroatoms. The molecule has 1 saturated heterocycles. The summed E-state index contributed by atoms with van der Waals surface area (Å²) in [4.78, 5) is 27.7. The van der Waals surface area contributed by atoms with E-state index in [2.05, 4.69) is 10.5 Å². The summed E-state index contributed by atoms with van der Waals surface area (Å²) < 4.78 is 18.5. The van der Waals surface area contributed by atoms with E-state index in [0.29, 0.717) is 11.5 Å². The van der Waals surface area contributed by atoms with Gasteiger partial charge in [0.1, 0.15) is 23.5 Å². The lowest BCUT2D eigenvalue weighted by atomic mass is 9.91. The van der Waals surface area contributed by atoms with Gasteiger partial charge in [-0.05, 0) is 37.5 Å². The number of benzene rings is 1. The highest BCUT2D eigenvalue weighted by Crippen LogP contribution is 2.31. The van der Waals surface area contributed by atoms with Gasteiger partial charge >= 0.3 is 0 Å². The van der Waals surface area contributed by atoms with Gasteiger partial charge in [0.15, 0.2) is 0 Å². The van der Waals surface area contributed by atoms with Gasteiger partial charge < -0.3 is 19.8 Å². The van der Waals surface area contributed by atoms with Crippen molar-refractivity contribution in [1.82, 2.24) is 15.4 Å². The number of rotatable bonds is 6. The van der Waals surface area contributed by atoms with Crippen LogP contribution in [0.3, 0.4) is 0 Å². The highest BCUT2D eigenvalue weighted by molar-refractivity contribution is 5.91. The smallest absolute Gasteiger partial charge is 0.243 e. The highest BCUT2D eigenvalue weighted by Gasteiger charge is 2.43. The van der Waals surface area contributed by atoms with Crippen LogP contribution in [-0.2, 0) is 9.59 Å². The maximum Gasteiger partial charge on any atom is 0.243 e. The Labute approximate surface area is 175 Å². The Balaban J connectivity index is 1.77. The third-order valence-corrected chi connectivity index (χ3v) is 5.48. The van der Waals surface area contributed by atoms with Crippen LogP contribution in [0.4, 0.5) is 4.39 Å². The Morgan fingerprint density at radius 2 is 1.93 bits per heavy atom. The largest absolute Gasteiger partial charge is 0.391 e. The Morgan fingerprint density at radius 3 is 2.50 bits per heavy atom. The number of aromatic nitrogens is 1. The van der Waals surface area contributed by atoms with Gasteiger partial charge in [0.05, 0.1) is 17.8 Å². The van der Waals surface area contributed by atoms with Crippen LogP contribution >= 0.6 is 0 Å². The second-order valence-electron chi connectivity index (χ2n) is 8.27. The Bertz CT molecular complexity index is 896. The number of carbonyl (C=O) groups is 2. The molecule has 0 aliphatic carbocycles. The number of hydrogen-bond acceptors (Lipinski definition) is 5. The first-order valence-electron chi connectivity index (χ1n) is 10.1. The first kappa shape index (κ1) is 22.0. The lowest BCUT2D eigenvalue weighted by molar-refractivity contribution is -0.141. The van der Waals surface area contributed by atoms with Gasteiger partial charge in [-0.1, -0.05) is 31.1 Å². The maximum atomic E-state index is 13.4. The molecular weight excluding hydrogens is 389 g/mol. The summed E-state index contributed by atoms with van der Waals surface area (Å²) >= 11 is 0. The van der Waals surface area contributed by atoms with Crippen molar-refractivity contribution < 1.29 is 23.6 Å². The molecule has 2 N–H and O–H groups in total. The lowest BCUT2D eigenvalue weighted by Gasteiger charge is -2.29. The van der Waals surface area contributed by atoms with Crippen LogP contribution in [0, 0.1) is 18.7 Å². The van der Waals surface area contributed by atoms with Gasteiger partial charge in [0.25, 0.3) is 0 Å². The molecule has 2 heterocycles. The van der Waals surface area contributed by atoms with Gasteiger partial charge in [0.2, 0.25) is 11.8 Å². The van der Waals surface area contributed by atoms with E-state index >= 15 is 0 Å². The van der Waals surface area contributed by atoms with E-state index in [1.54, 1.807) is 32.0 Å². The van der Waals surface area contributed by atoms with Crippen LogP contribution in [0.2, 0.25) is 0 Å². The van der Waals surface area contributed by atoms with Crippen molar-refractivity contribution in [2.45, 2.75) is 58.2 Å². The molecule has 30 heavy (non-hydrogen) atoms. The third kappa shape index (κ3) is 4.70. The number of carbonyl (C=O) groups excluding carboxylic acids is 2. The number of aryl methyl sites for hydroxylation is 1. The zero-order chi connectivity index (χ0) is 22.0. The highest BCUT2D eigenvalue weighted by atomic mass is 19.1. The minimum Gasteiger partial charge on any atom is -0.391 e. The molecule has 3 rings (SSSR count). The van der Waals surface area contributed by atoms with Gasteiger partial charge in [-0.25, -0.2) is 4.39 Å². The average Bonchev–Trinajstić information content (AvgIpc) is 3.27. The van der Waals surface area contributed by atoms with Crippen LogP contribution in [-0.4, -0.2) is 45.7 Å². The number of aliphatic hydroxyl groups excluding tert-OH is 1. The van der Waals surface area contributed by atoms with Crippen molar-refractivity contribution in [2.24, 2.45) is 5.92 Å². The minimum atomic E-state index is -0.791. The van der Waals surface area contributed by atoms with Crippen molar-refractivity contribution >= 4 is 11.8 Å². The average molecular weight is 417 g/mol. The molecule has 0 saturated carbocycles. The Morgan fingerprint density at radius 1 is 1.27 bits per heavy atom. The third-order valence-electron chi connectivity index (χ3n) is 5.48. The Hall–Kier alpha value is -2.74. The molecule has 2 aromatic rings. The maximum absolute atomic E-state index is 13.4. The monoisotopic (exact) mass is 417 g/mol. The van der Waals surface area contributed by atoms with Crippen molar-refractivity contribution in [2.75, 3.05) is 6.54 Å². The number of likely N-dealkylation sites (tertiary alicyclic amines) is 1. The molecule has 4 atom stereocenters. The summed E-state index contributed by atoms with van der Waals surface area (Å²) in [6.45, 7) is 7.45. The number of amides is 2. The van der Waals surface area contributed by atoms with Crippen molar-refractivity contribution in [3.63, 3.8) is 0 Å². The van der Waals surface area contributed by atoms with Gasteiger partial charge in [-0.15, -0.1) is 0 Å². The molecule has 2 amide bonds. The standard InChI is InChI=1S/C22H28FN3O4/c1-12(2)20(19-9-13(3)25-30-19)22(29)26-11-17(27)10-18(26)21(28)24-14(4)15-5-7-16(23)8-6-15/h5-9,12,14,17-18,20,27H,10-11H2,1-4H3,(H,24,28)/t14-,17+,18-,20+/m0/s1. The van der Waals surface area contributed by atoms with Crippen LogP contribution in [0.5, 0.6) is 0 Å². The van der Waals surface area contributed by atoms with E-state index < -0.39 is 18.1 Å². The molecule has 1 fully saturated rings. The number of halogens is 1. The molecule has 162 valence electrons. The van der Waals surface area contributed by atoms with Crippen LogP contribution in [0.25, 0.3) is 0 Å². The SMILES string of the molecule is Cc1cc([C@H](C(=O)N2C[C@H](O)C[C@H]2C(=O)N[C@@H](C)c2ccc(F)cc2)C(C)C)on1. The molecular formula is C22H28FN3O4. The van der Waals surface area contributed by atoms with Crippen molar-refractivity contribution in [3.8, 4) is 0 Å². The summed E-state index contributed by atoms with van der Waals surface area (Å²) in [7, 11) is 0. The number of β-amino-alcohol motifs (C(OH)–C–C–N with tert-alkyl or cyclic N) is 1. The molecule has 1 aromatic carbocycles. The molecule has 1 aliphatic rings. The lowest BCUT2D eigenvalue weighted by Crippen LogP contribution is -2.48. The second kappa shape index (κ2) is 8.95. The van der Waals surface area contributed by atoms with E-state index in [4.69, 9.17) is 4.52 Å². The summed E-state index contributed by atoms with van der Waals surface area (Å²) in [6.07, 6.45) is -0.622. The van der Waals surface area contributed by atoms with Crippen LogP contribution in [0.15, 0.2) is 34.9 Å². The van der Waals surface area contributed by atoms with Gasteiger partial charge in [-0.3, -0.25) is 9.59 Å². The zero-order valence-electron chi connectivity index (χ0n) is 17.6. The van der Waals surface area contributed by atoms with E-state index in [1.807, 2.05) is 13.8 Å². The van der Waals surface area contributed by atoms with Crippen LogP contribution < -0.4 is 5.32 Å². The first-order valence-corrected chi connectivity index (χ1v) is 10.1. The van der Waals surface area contributed by atoms with E-state index in [9.17, 15) is 19.1 Å². The van der Waals surface area contributed by atoms with Crippen molar-refractivity contribution in [1.29, 1.82) is 0 Å². The number of nitrogens with zero attached hydrogens (tertiary/aromatic N) is 2. The first-order chi connectivity index (χ1) is 14.2. The summed E-state index contributed by atoms with van der Waals surface area (Å²) in [6, 6.07) is 6.44. The van der Waals surface area contributed by atoms with E-state index in [0.717, 1.165) is 5.56 Å². The van der Waals surface area contributed by atoms with Gasteiger partial charge in [0, 0.05) is 19.0 Å². The molecule has 7 nitrogen and oxygen atoms in total. The van der Waals surface area contributed by atoms with E-state index in [1.165, 1.54) is 17.0 Å². The molecule has 1 aliphatic heterocycles. The molecule has 0 radical (unpaired) electrons. The summed E-state index contributed by atoms with van der Waals surface area (Å²) in [5, 5.41) is 16.9. The zero-order valence-corrected chi connectivity index (χ0v) is 17.6. The topological polar surface area (TPSA) is 95.7 Å². The van der Waals surface area contributed by atoms with Gasteiger partial charge in [-0.2, -0.15) is 0 Å². The van der Waals surface area contributed by atoms with E-state index in [-0.39, 0.29) is 42.6 Å². The summed E-state index contributed by atoms with van der Waals surface area (Å²) in [5.74, 6) is -1.20. The van der Waals surface area contributed by atoms with Crippen molar-refractivity contribution in [3.05, 3.63) is 53.2 Å². The molecule has 0 unspecified atom stereocenters. The Kier molecular flexibility index (Phi) is 6.55. The summed E-state index contributed by atoms with van der Waals surface area (Å²) in [5.41, 5.74) is 1.42. The fourth-order valence-corrected chi connectivity index (χ4v) is 3.89. The quantitative estimate of drug-likeness (QED) is 0.754. The number of nitrogens with one attached hydrogen (secondary N) is 1. The fraction of sp³-hybridized carbons (Fsp3) is 0.500. The second-order valence-corrected chi connectivity index (χ2v) is 8.27. The number of hydrogen-bond donors (Lipinski definition) is 2. The molecule has 1 aromatic heterocycles. The molecule has 0 spiro atoms.